The monoisotopic (exact) mass is 339 g/mol. The number of anilines is 1. The minimum atomic E-state index is -1.19. The lowest BCUT2D eigenvalue weighted by Gasteiger charge is -2.40. The zero-order valence-electron chi connectivity index (χ0n) is 14.1. The number of hydrogen-bond donors (Lipinski definition) is 3. The molecule has 1 atom stereocenters. The van der Waals surface area contributed by atoms with E-state index in [9.17, 15) is 9.59 Å². The second-order valence-corrected chi connectivity index (χ2v) is 6.55. The highest BCUT2D eigenvalue weighted by atomic mass is 16.5. The Morgan fingerprint density at radius 2 is 2.00 bits per heavy atom. The van der Waals surface area contributed by atoms with E-state index in [2.05, 4.69) is 10.6 Å². The van der Waals surface area contributed by atoms with E-state index < -0.39 is 11.4 Å². The van der Waals surface area contributed by atoms with Crippen LogP contribution >= 0.6 is 0 Å². The van der Waals surface area contributed by atoms with Gasteiger partial charge in [-0.25, -0.2) is 4.79 Å². The minimum absolute atomic E-state index is 0.206. The first-order valence-electron chi connectivity index (χ1n) is 8.68. The quantitative estimate of drug-likeness (QED) is 0.717. The van der Waals surface area contributed by atoms with Crippen molar-refractivity contribution in [2.75, 3.05) is 11.9 Å². The molecule has 0 aromatic heterocycles. The molecular weight excluding hydrogens is 318 g/mol. The molecule has 1 aromatic rings. The van der Waals surface area contributed by atoms with Crippen LogP contribution in [0.15, 0.2) is 46.9 Å². The molecule has 0 radical (unpaired) electrons. The average Bonchev–Trinajstić information content (AvgIpc) is 2.88. The van der Waals surface area contributed by atoms with Crippen molar-refractivity contribution in [1.29, 1.82) is 0 Å². The van der Waals surface area contributed by atoms with Gasteiger partial charge in [0.05, 0.1) is 6.61 Å². The maximum absolute atomic E-state index is 13.3. The number of carbonyl (C=O) groups excluding carboxylic acids is 2. The van der Waals surface area contributed by atoms with Gasteiger partial charge in [-0.3, -0.25) is 4.79 Å². The number of fused-ring (bicyclic) bond motifs is 3. The van der Waals surface area contributed by atoms with Gasteiger partial charge in [0.25, 0.3) is 0 Å². The number of para-hydroxylation sites is 1. The number of benzene rings is 1. The largest absolute Gasteiger partial charge is 0.462 e. The average molecular weight is 339 g/mol. The first-order valence-corrected chi connectivity index (χ1v) is 8.68. The number of dihydropyridines is 1. The fourth-order valence-corrected chi connectivity index (χ4v) is 4.31. The molecule has 0 saturated carbocycles. The van der Waals surface area contributed by atoms with E-state index in [1.807, 2.05) is 24.3 Å². The lowest BCUT2D eigenvalue weighted by molar-refractivity contribution is -0.140. The van der Waals surface area contributed by atoms with E-state index in [1.165, 1.54) is 0 Å². The van der Waals surface area contributed by atoms with Crippen molar-refractivity contribution < 1.29 is 14.3 Å². The highest BCUT2D eigenvalue weighted by Crippen LogP contribution is 2.53. The van der Waals surface area contributed by atoms with Crippen LogP contribution in [0.2, 0.25) is 0 Å². The first-order chi connectivity index (χ1) is 12.1. The van der Waals surface area contributed by atoms with E-state index in [0.717, 1.165) is 48.2 Å². The first kappa shape index (κ1) is 15.7. The molecule has 1 amide bonds. The van der Waals surface area contributed by atoms with Crippen LogP contribution in [0.3, 0.4) is 0 Å². The van der Waals surface area contributed by atoms with Crippen LogP contribution in [0, 0.1) is 0 Å². The lowest BCUT2D eigenvalue weighted by atomic mass is 9.64. The Bertz CT molecular complexity index is 840. The molecule has 0 unspecified atom stereocenters. The molecule has 1 spiro atoms. The maximum Gasteiger partial charge on any atom is 0.339 e. The Kier molecular flexibility index (Phi) is 3.56. The smallest absolute Gasteiger partial charge is 0.339 e. The van der Waals surface area contributed by atoms with Gasteiger partial charge in [-0.05, 0) is 44.2 Å². The molecule has 0 saturated heterocycles. The third-order valence-electron chi connectivity index (χ3n) is 5.25. The van der Waals surface area contributed by atoms with Crippen LogP contribution in [0.5, 0.6) is 0 Å². The van der Waals surface area contributed by atoms with Gasteiger partial charge >= 0.3 is 5.97 Å². The van der Waals surface area contributed by atoms with Gasteiger partial charge in [-0.2, -0.15) is 0 Å². The molecule has 25 heavy (non-hydrogen) atoms. The predicted octanol–water partition coefficient (Wildman–Crippen LogP) is 2.04. The van der Waals surface area contributed by atoms with E-state index in [4.69, 9.17) is 10.5 Å². The van der Waals surface area contributed by atoms with Crippen LogP contribution in [-0.2, 0) is 19.7 Å². The Morgan fingerprint density at radius 1 is 1.24 bits per heavy atom. The van der Waals surface area contributed by atoms with Crippen LogP contribution in [0.4, 0.5) is 5.69 Å². The number of allylic oxidation sites excluding steroid dienone is 1. The van der Waals surface area contributed by atoms with Crippen molar-refractivity contribution in [3.8, 4) is 0 Å². The number of ether oxygens (including phenoxy) is 1. The number of nitrogens with one attached hydrogen (secondary N) is 2. The van der Waals surface area contributed by atoms with Crippen molar-refractivity contribution in [1.82, 2.24) is 5.32 Å². The van der Waals surface area contributed by atoms with Gasteiger partial charge in [0.15, 0.2) is 0 Å². The summed E-state index contributed by atoms with van der Waals surface area (Å²) in [7, 11) is 0. The number of hydrogen-bond acceptors (Lipinski definition) is 5. The van der Waals surface area contributed by atoms with Crippen LogP contribution in [0.25, 0.3) is 0 Å². The number of rotatable bonds is 2. The van der Waals surface area contributed by atoms with E-state index in [-0.39, 0.29) is 23.9 Å². The number of nitrogens with two attached hydrogens (primary N) is 1. The normalized spacial score (nSPS) is 24.6. The van der Waals surface area contributed by atoms with Crippen LogP contribution in [0.1, 0.15) is 38.2 Å². The fraction of sp³-hybridized carbons (Fsp3) is 0.368. The highest BCUT2D eigenvalue weighted by Gasteiger charge is 2.58. The van der Waals surface area contributed by atoms with Gasteiger partial charge < -0.3 is 21.1 Å². The molecule has 1 aromatic carbocycles. The third kappa shape index (κ3) is 2.03. The molecule has 4 rings (SSSR count). The summed E-state index contributed by atoms with van der Waals surface area (Å²) < 4.78 is 5.26. The van der Waals surface area contributed by atoms with E-state index >= 15 is 0 Å². The van der Waals surface area contributed by atoms with E-state index in [1.54, 1.807) is 6.92 Å². The SMILES string of the molecule is CCOC(=O)C1=C(N)NC2=C(CCCC2)[C@]12C(=O)Nc1ccccc12. The molecule has 4 N–H and O–H groups in total. The minimum Gasteiger partial charge on any atom is -0.462 e. The van der Waals surface area contributed by atoms with Crippen molar-refractivity contribution in [2.24, 2.45) is 5.73 Å². The summed E-state index contributed by atoms with van der Waals surface area (Å²) >= 11 is 0. The van der Waals surface area contributed by atoms with Crippen LogP contribution in [-0.4, -0.2) is 18.5 Å². The van der Waals surface area contributed by atoms with Gasteiger partial charge in [0.1, 0.15) is 16.8 Å². The van der Waals surface area contributed by atoms with Gasteiger partial charge in [0, 0.05) is 16.9 Å². The van der Waals surface area contributed by atoms with Gasteiger partial charge in [-0.15, -0.1) is 0 Å². The second kappa shape index (κ2) is 5.65. The van der Waals surface area contributed by atoms with E-state index in [0.29, 0.717) is 0 Å². The highest BCUT2D eigenvalue weighted by molar-refractivity contribution is 6.17. The molecule has 2 heterocycles. The van der Waals surface area contributed by atoms with Crippen molar-refractivity contribution in [2.45, 2.75) is 38.0 Å². The van der Waals surface area contributed by atoms with Gasteiger partial charge in [-0.1, -0.05) is 18.2 Å². The number of esters is 1. The molecule has 6 heteroatoms. The van der Waals surface area contributed by atoms with Crippen molar-refractivity contribution >= 4 is 17.6 Å². The Balaban J connectivity index is 2.02. The second-order valence-electron chi connectivity index (χ2n) is 6.55. The summed E-state index contributed by atoms with van der Waals surface area (Å²) in [5, 5.41) is 6.11. The number of carbonyl (C=O) groups is 2. The third-order valence-corrected chi connectivity index (χ3v) is 5.25. The Hall–Kier alpha value is -2.76. The molecule has 1 aliphatic carbocycles. The molecule has 130 valence electrons. The fourth-order valence-electron chi connectivity index (χ4n) is 4.31. The van der Waals surface area contributed by atoms with Crippen molar-refractivity contribution in [3.05, 3.63) is 52.5 Å². The Labute approximate surface area is 146 Å². The summed E-state index contributed by atoms with van der Waals surface area (Å²) in [6.45, 7) is 1.96. The predicted molar refractivity (Wildman–Crippen MR) is 93.2 cm³/mol. The topological polar surface area (TPSA) is 93.4 Å². The summed E-state index contributed by atoms with van der Waals surface area (Å²) in [5.41, 5.74) is 8.67. The van der Waals surface area contributed by atoms with Crippen molar-refractivity contribution in [3.63, 3.8) is 0 Å². The molecular formula is C19H21N3O3. The molecule has 0 bridgehead atoms. The molecule has 0 fully saturated rings. The summed E-state index contributed by atoms with van der Waals surface area (Å²) in [4.78, 5) is 26.1. The van der Waals surface area contributed by atoms with Gasteiger partial charge in [0.2, 0.25) is 5.91 Å². The Morgan fingerprint density at radius 3 is 2.80 bits per heavy atom. The summed E-state index contributed by atoms with van der Waals surface area (Å²) in [5.74, 6) is -0.557. The summed E-state index contributed by atoms with van der Waals surface area (Å²) in [6, 6.07) is 7.49. The zero-order valence-corrected chi connectivity index (χ0v) is 14.1. The maximum atomic E-state index is 13.3. The standard InChI is InChI=1S/C19H21N3O3/c1-2-25-17(23)15-16(20)21-13-9-5-3-7-11(13)19(15)12-8-4-6-10-14(12)22-18(19)24/h4,6,8,10,21H,2-3,5,7,9,20H2,1H3,(H,22,24)/t19-/m1/s1. The number of amides is 1. The summed E-state index contributed by atoms with van der Waals surface area (Å²) in [6.07, 6.45) is 3.59. The lowest BCUT2D eigenvalue weighted by Crippen LogP contribution is -2.49. The molecule has 6 nitrogen and oxygen atoms in total. The molecule has 2 aliphatic heterocycles. The molecule has 3 aliphatic rings. The zero-order chi connectivity index (χ0) is 17.6. The van der Waals surface area contributed by atoms with Crippen LogP contribution < -0.4 is 16.4 Å².